The van der Waals surface area contributed by atoms with Crippen LogP contribution in [0.3, 0.4) is 0 Å². The minimum atomic E-state index is -4.13. The van der Waals surface area contributed by atoms with E-state index in [0.29, 0.717) is 4.31 Å². The second kappa shape index (κ2) is 6.02. The van der Waals surface area contributed by atoms with Crippen LogP contribution in [-0.4, -0.2) is 36.9 Å². The number of sulfonamides is 1. The van der Waals surface area contributed by atoms with E-state index in [1.165, 1.54) is 0 Å². The highest BCUT2D eigenvalue weighted by atomic mass is 32.2. The number of nitrogens with zero attached hydrogens (tertiary/aromatic N) is 3. The standard InChI is InChI=1S/C11H10N4O4S/c12-3-5-15(6-4-13)20(18,19)10-2-1-8(11(16)17)7-9(10)14/h1-2,7H,5-6,14H2,(H,16,17). The van der Waals surface area contributed by atoms with E-state index in [-0.39, 0.29) is 16.1 Å². The van der Waals surface area contributed by atoms with Crippen LogP contribution >= 0.6 is 0 Å². The topological polar surface area (TPSA) is 148 Å². The summed E-state index contributed by atoms with van der Waals surface area (Å²) >= 11 is 0. The molecule has 0 saturated heterocycles. The Morgan fingerprint density at radius 2 is 1.85 bits per heavy atom. The molecule has 1 rings (SSSR count). The van der Waals surface area contributed by atoms with Crippen molar-refractivity contribution >= 4 is 21.7 Å². The number of anilines is 1. The van der Waals surface area contributed by atoms with Gasteiger partial charge in [0, 0.05) is 0 Å². The number of carboxylic acid groups (broad SMARTS) is 1. The molecule has 20 heavy (non-hydrogen) atoms. The molecule has 1 aromatic rings. The van der Waals surface area contributed by atoms with Gasteiger partial charge in [0.1, 0.15) is 18.0 Å². The van der Waals surface area contributed by atoms with Crippen LogP contribution in [0.2, 0.25) is 0 Å². The lowest BCUT2D eigenvalue weighted by Crippen LogP contribution is -2.32. The largest absolute Gasteiger partial charge is 0.478 e. The molecule has 0 aromatic heterocycles. The van der Waals surface area contributed by atoms with Crippen molar-refractivity contribution in [3.8, 4) is 12.1 Å². The summed E-state index contributed by atoms with van der Waals surface area (Å²) in [6.07, 6.45) is 0. The predicted molar refractivity (Wildman–Crippen MR) is 67.8 cm³/mol. The number of rotatable bonds is 5. The zero-order chi connectivity index (χ0) is 15.3. The molecule has 0 bridgehead atoms. The maximum absolute atomic E-state index is 12.2. The highest BCUT2D eigenvalue weighted by molar-refractivity contribution is 7.89. The minimum Gasteiger partial charge on any atom is -0.478 e. The first-order valence-corrected chi connectivity index (χ1v) is 6.65. The van der Waals surface area contributed by atoms with E-state index >= 15 is 0 Å². The molecule has 0 saturated carbocycles. The fourth-order valence-electron chi connectivity index (χ4n) is 1.44. The summed E-state index contributed by atoms with van der Waals surface area (Å²) in [5.41, 5.74) is 5.12. The van der Waals surface area contributed by atoms with Gasteiger partial charge >= 0.3 is 5.97 Å². The van der Waals surface area contributed by atoms with Crippen LogP contribution < -0.4 is 5.73 Å². The highest BCUT2D eigenvalue weighted by Gasteiger charge is 2.26. The van der Waals surface area contributed by atoms with Gasteiger partial charge in [0.2, 0.25) is 10.0 Å². The van der Waals surface area contributed by atoms with Gasteiger partial charge in [-0.3, -0.25) is 0 Å². The molecule has 0 heterocycles. The Hall–Kier alpha value is -2.62. The lowest BCUT2D eigenvalue weighted by Gasteiger charge is -2.17. The SMILES string of the molecule is N#CCN(CC#N)S(=O)(=O)c1ccc(C(=O)O)cc1N. The molecule has 9 heteroatoms. The van der Waals surface area contributed by atoms with Crippen molar-refractivity contribution in [2.24, 2.45) is 0 Å². The molecule has 0 aliphatic carbocycles. The Kier molecular flexibility index (Phi) is 4.64. The monoisotopic (exact) mass is 294 g/mol. The molecule has 0 aliphatic heterocycles. The van der Waals surface area contributed by atoms with Gasteiger partial charge in [0.15, 0.2) is 0 Å². The number of benzene rings is 1. The summed E-state index contributed by atoms with van der Waals surface area (Å²) in [5, 5.41) is 25.9. The summed E-state index contributed by atoms with van der Waals surface area (Å²) in [7, 11) is -4.13. The van der Waals surface area contributed by atoms with Crippen molar-refractivity contribution < 1.29 is 18.3 Å². The van der Waals surface area contributed by atoms with E-state index < -0.39 is 29.1 Å². The highest BCUT2D eigenvalue weighted by Crippen LogP contribution is 2.23. The average molecular weight is 294 g/mol. The third-order valence-electron chi connectivity index (χ3n) is 2.37. The quantitative estimate of drug-likeness (QED) is 0.573. The molecule has 0 amide bonds. The molecule has 0 fully saturated rings. The number of nitrogens with two attached hydrogens (primary N) is 1. The minimum absolute atomic E-state index is 0.159. The molecule has 8 nitrogen and oxygen atoms in total. The van der Waals surface area contributed by atoms with E-state index in [2.05, 4.69) is 0 Å². The first kappa shape index (κ1) is 15.4. The number of hydrogen-bond donors (Lipinski definition) is 2. The molecule has 104 valence electrons. The fourth-order valence-corrected chi connectivity index (χ4v) is 2.77. The lowest BCUT2D eigenvalue weighted by molar-refractivity contribution is 0.0697. The van der Waals surface area contributed by atoms with Gasteiger partial charge < -0.3 is 10.8 Å². The van der Waals surface area contributed by atoms with Gasteiger partial charge in [0.05, 0.1) is 23.4 Å². The zero-order valence-electron chi connectivity index (χ0n) is 10.1. The summed E-state index contributed by atoms with van der Waals surface area (Å²) in [5.74, 6) is -1.24. The van der Waals surface area contributed by atoms with Crippen molar-refractivity contribution in [2.45, 2.75) is 4.90 Å². The van der Waals surface area contributed by atoms with Gasteiger partial charge in [0.25, 0.3) is 0 Å². The van der Waals surface area contributed by atoms with Crippen LogP contribution in [0.4, 0.5) is 5.69 Å². The van der Waals surface area contributed by atoms with Crippen molar-refractivity contribution in [3.63, 3.8) is 0 Å². The van der Waals surface area contributed by atoms with E-state index in [0.717, 1.165) is 18.2 Å². The number of carboxylic acids is 1. The molecule has 0 aliphatic rings. The van der Waals surface area contributed by atoms with Crippen LogP contribution in [0, 0.1) is 22.7 Å². The third kappa shape index (κ3) is 3.03. The van der Waals surface area contributed by atoms with Gasteiger partial charge in [-0.25, -0.2) is 13.2 Å². The van der Waals surface area contributed by atoms with Crippen LogP contribution in [0.1, 0.15) is 10.4 Å². The number of aromatic carboxylic acids is 1. The first-order valence-electron chi connectivity index (χ1n) is 5.21. The first-order chi connectivity index (χ1) is 9.34. The fraction of sp³-hybridized carbons (Fsp3) is 0.182. The summed E-state index contributed by atoms with van der Waals surface area (Å²) < 4.78 is 25.1. The van der Waals surface area contributed by atoms with Crippen molar-refractivity contribution in [1.29, 1.82) is 10.5 Å². The Morgan fingerprint density at radius 3 is 2.25 bits per heavy atom. The molecule has 0 atom stereocenters. The van der Waals surface area contributed by atoms with Crippen LogP contribution in [0.5, 0.6) is 0 Å². The third-order valence-corrected chi connectivity index (χ3v) is 4.23. The van der Waals surface area contributed by atoms with E-state index in [4.69, 9.17) is 21.4 Å². The molecule has 0 unspecified atom stereocenters. The van der Waals surface area contributed by atoms with Crippen LogP contribution in [0.25, 0.3) is 0 Å². The number of nitrogen functional groups attached to an aromatic ring is 1. The Labute approximate surface area is 115 Å². The maximum Gasteiger partial charge on any atom is 0.335 e. The van der Waals surface area contributed by atoms with Gasteiger partial charge in [-0.1, -0.05) is 0 Å². The molecular formula is C11H10N4O4S. The molecule has 3 N–H and O–H groups in total. The number of hydrogen-bond acceptors (Lipinski definition) is 6. The van der Waals surface area contributed by atoms with E-state index in [1.54, 1.807) is 12.1 Å². The Balaban J connectivity index is 3.32. The summed E-state index contributed by atoms with van der Waals surface area (Å²) in [4.78, 5) is 10.4. The second-order valence-electron chi connectivity index (χ2n) is 3.65. The van der Waals surface area contributed by atoms with Gasteiger partial charge in [-0.15, -0.1) is 0 Å². The molecular weight excluding hydrogens is 284 g/mol. The van der Waals surface area contributed by atoms with E-state index in [9.17, 15) is 13.2 Å². The molecule has 1 aromatic carbocycles. The Bertz CT molecular complexity index is 699. The smallest absolute Gasteiger partial charge is 0.335 e. The predicted octanol–water partition coefficient (Wildman–Crippen LogP) is 0.00486. The summed E-state index contributed by atoms with van der Waals surface area (Å²) in [6.45, 7) is -1.01. The van der Waals surface area contributed by atoms with Gasteiger partial charge in [-0.05, 0) is 18.2 Å². The maximum atomic E-state index is 12.2. The molecule has 0 spiro atoms. The van der Waals surface area contributed by atoms with Gasteiger partial charge in [-0.2, -0.15) is 14.8 Å². The summed E-state index contributed by atoms with van der Waals surface area (Å²) in [6, 6.07) is 6.41. The van der Waals surface area contributed by atoms with Crippen molar-refractivity contribution in [1.82, 2.24) is 4.31 Å². The zero-order valence-corrected chi connectivity index (χ0v) is 11.0. The Morgan fingerprint density at radius 1 is 1.30 bits per heavy atom. The normalized spacial score (nSPS) is 10.8. The average Bonchev–Trinajstić information content (AvgIpc) is 2.37. The lowest BCUT2D eigenvalue weighted by atomic mass is 10.2. The van der Waals surface area contributed by atoms with Crippen LogP contribution in [-0.2, 0) is 10.0 Å². The second-order valence-corrected chi connectivity index (χ2v) is 5.55. The number of nitriles is 2. The van der Waals surface area contributed by atoms with Crippen molar-refractivity contribution in [3.05, 3.63) is 23.8 Å². The van der Waals surface area contributed by atoms with Crippen LogP contribution in [0.15, 0.2) is 23.1 Å². The number of carbonyl (C=O) groups is 1. The van der Waals surface area contributed by atoms with Crippen molar-refractivity contribution in [2.75, 3.05) is 18.8 Å². The van der Waals surface area contributed by atoms with E-state index in [1.807, 2.05) is 0 Å². The molecule has 0 radical (unpaired) electrons.